The lowest BCUT2D eigenvalue weighted by Gasteiger charge is -2.37. The SMILES string of the molecule is Cc1ccc2c(ccn2C2CN(C)C2)c1. The van der Waals surface area contributed by atoms with Crippen LogP contribution >= 0.6 is 0 Å². The Hall–Kier alpha value is -1.28. The van der Waals surface area contributed by atoms with Gasteiger partial charge in [-0.25, -0.2) is 0 Å². The Morgan fingerprint density at radius 2 is 2.00 bits per heavy atom. The van der Waals surface area contributed by atoms with Crippen molar-refractivity contribution in [2.24, 2.45) is 0 Å². The Kier molecular flexibility index (Phi) is 1.86. The standard InChI is InChI=1S/C13H16N2/c1-10-3-4-13-11(7-10)5-6-15(13)12-8-14(2)9-12/h3-7,12H,8-9H2,1-2H3. The van der Waals surface area contributed by atoms with E-state index >= 15 is 0 Å². The van der Waals surface area contributed by atoms with Gasteiger partial charge in [0.2, 0.25) is 0 Å². The van der Waals surface area contributed by atoms with Crippen molar-refractivity contribution in [3.05, 3.63) is 36.0 Å². The summed E-state index contributed by atoms with van der Waals surface area (Å²) in [7, 11) is 2.17. The summed E-state index contributed by atoms with van der Waals surface area (Å²) in [4.78, 5) is 2.35. The lowest BCUT2D eigenvalue weighted by molar-refractivity contribution is 0.144. The van der Waals surface area contributed by atoms with Crippen LogP contribution in [0, 0.1) is 6.92 Å². The number of nitrogens with zero attached hydrogens (tertiary/aromatic N) is 2. The van der Waals surface area contributed by atoms with Gasteiger partial charge in [-0.05, 0) is 37.6 Å². The predicted molar refractivity (Wildman–Crippen MR) is 63.2 cm³/mol. The molecule has 3 rings (SSSR count). The summed E-state index contributed by atoms with van der Waals surface area (Å²) < 4.78 is 2.41. The molecule has 1 fully saturated rings. The summed E-state index contributed by atoms with van der Waals surface area (Å²) in [5.41, 5.74) is 2.71. The molecule has 2 aromatic rings. The topological polar surface area (TPSA) is 8.17 Å². The molecule has 2 heteroatoms. The number of aromatic nitrogens is 1. The first-order chi connectivity index (χ1) is 7.24. The highest BCUT2D eigenvalue weighted by Crippen LogP contribution is 2.26. The second-order valence-corrected chi connectivity index (χ2v) is 4.66. The maximum absolute atomic E-state index is 2.41. The van der Waals surface area contributed by atoms with Gasteiger partial charge in [0.1, 0.15) is 0 Å². The minimum atomic E-state index is 0.676. The molecule has 0 atom stereocenters. The second kappa shape index (κ2) is 3.11. The molecule has 0 N–H and O–H groups in total. The van der Waals surface area contributed by atoms with Gasteiger partial charge in [0.25, 0.3) is 0 Å². The molecule has 78 valence electrons. The number of fused-ring (bicyclic) bond motifs is 1. The van der Waals surface area contributed by atoms with Crippen molar-refractivity contribution in [3.63, 3.8) is 0 Å². The molecule has 0 unspecified atom stereocenters. The first-order valence-corrected chi connectivity index (χ1v) is 5.50. The fourth-order valence-corrected chi connectivity index (χ4v) is 2.44. The van der Waals surface area contributed by atoms with Gasteiger partial charge in [0.15, 0.2) is 0 Å². The smallest absolute Gasteiger partial charge is 0.0590 e. The third kappa shape index (κ3) is 1.37. The maximum atomic E-state index is 2.41. The number of aryl methyl sites for hydroxylation is 1. The first kappa shape index (κ1) is 8.98. The molecule has 0 saturated carbocycles. The number of hydrogen-bond donors (Lipinski definition) is 0. The zero-order valence-corrected chi connectivity index (χ0v) is 9.27. The summed E-state index contributed by atoms with van der Waals surface area (Å²) >= 11 is 0. The normalized spacial score (nSPS) is 18.3. The van der Waals surface area contributed by atoms with Crippen molar-refractivity contribution < 1.29 is 0 Å². The monoisotopic (exact) mass is 200 g/mol. The van der Waals surface area contributed by atoms with Crippen molar-refractivity contribution in [1.82, 2.24) is 9.47 Å². The van der Waals surface area contributed by atoms with Crippen LogP contribution in [0.1, 0.15) is 11.6 Å². The summed E-state index contributed by atoms with van der Waals surface area (Å²) in [6.45, 7) is 4.50. The van der Waals surface area contributed by atoms with Gasteiger partial charge in [0.05, 0.1) is 6.04 Å². The van der Waals surface area contributed by atoms with E-state index in [1.54, 1.807) is 0 Å². The van der Waals surface area contributed by atoms with Crippen LogP contribution in [0.25, 0.3) is 10.9 Å². The molecule has 1 saturated heterocycles. The quantitative estimate of drug-likeness (QED) is 0.686. The summed E-state index contributed by atoms with van der Waals surface area (Å²) in [5, 5.41) is 1.37. The number of benzene rings is 1. The van der Waals surface area contributed by atoms with Crippen LogP contribution in [-0.2, 0) is 0 Å². The van der Waals surface area contributed by atoms with Crippen LogP contribution in [-0.4, -0.2) is 29.6 Å². The van der Waals surface area contributed by atoms with Gasteiger partial charge in [-0.15, -0.1) is 0 Å². The minimum Gasteiger partial charge on any atom is -0.342 e. The van der Waals surface area contributed by atoms with Crippen molar-refractivity contribution in [1.29, 1.82) is 0 Å². The number of rotatable bonds is 1. The van der Waals surface area contributed by atoms with E-state index in [1.165, 1.54) is 29.6 Å². The highest BCUT2D eigenvalue weighted by atomic mass is 15.2. The van der Waals surface area contributed by atoms with E-state index in [0.29, 0.717) is 6.04 Å². The summed E-state index contributed by atoms with van der Waals surface area (Å²) in [6, 6.07) is 9.59. The first-order valence-electron chi connectivity index (χ1n) is 5.50. The molecular weight excluding hydrogens is 184 g/mol. The molecule has 0 aliphatic carbocycles. The van der Waals surface area contributed by atoms with Crippen molar-refractivity contribution in [2.45, 2.75) is 13.0 Å². The molecule has 1 aliphatic heterocycles. The highest BCUT2D eigenvalue weighted by Gasteiger charge is 2.25. The molecule has 0 spiro atoms. The molecule has 1 aromatic carbocycles. The number of likely N-dealkylation sites (N-methyl/N-ethyl adjacent to an activating group) is 1. The molecule has 2 heterocycles. The predicted octanol–water partition coefficient (Wildman–Crippen LogP) is 2.44. The fourth-order valence-electron chi connectivity index (χ4n) is 2.44. The Bertz CT molecular complexity index is 492. The maximum Gasteiger partial charge on any atom is 0.0590 e. The van der Waals surface area contributed by atoms with E-state index in [-0.39, 0.29) is 0 Å². The molecule has 1 aliphatic rings. The molecule has 2 nitrogen and oxygen atoms in total. The highest BCUT2D eigenvalue weighted by molar-refractivity contribution is 5.81. The Morgan fingerprint density at radius 3 is 2.73 bits per heavy atom. The van der Waals surface area contributed by atoms with Crippen LogP contribution in [0.3, 0.4) is 0 Å². The Balaban J connectivity index is 2.05. The van der Waals surface area contributed by atoms with Crippen LogP contribution in [0.5, 0.6) is 0 Å². The fraction of sp³-hybridized carbons (Fsp3) is 0.385. The average molecular weight is 200 g/mol. The van der Waals surface area contributed by atoms with E-state index in [2.05, 4.69) is 53.9 Å². The largest absolute Gasteiger partial charge is 0.342 e. The molecular formula is C13H16N2. The van der Waals surface area contributed by atoms with Crippen molar-refractivity contribution in [3.8, 4) is 0 Å². The van der Waals surface area contributed by atoms with Gasteiger partial charge in [0, 0.05) is 24.8 Å². The minimum absolute atomic E-state index is 0.676. The van der Waals surface area contributed by atoms with Crippen LogP contribution in [0.15, 0.2) is 30.5 Å². The summed E-state index contributed by atoms with van der Waals surface area (Å²) in [6.07, 6.45) is 2.22. The number of hydrogen-bond acceptors (Lipinski definition) is 1. The van der Waals surface area contributed by atoms with E-state index in [0.717, 1.165) is 0 Å². The third-order valence-corrected chi connectivity index (χ3v) is 3.31. The Morgan fingerprint density at radius 1 is 1.20 bits per heavy atom. The van der Waals surface area contributed by atoms with E-state index < -0.39 is 0 Å². The third-order valence-electron chi connectivity index (χ3n) is 3.31. The van der Waals surface area contributed by atoms with Gasteiger partial charge < -0.3 is 9.47 Å². The second-order valence-electron chi connectivity index (χ2n) is 4.66. The van der Waals surface area contributed by atoms with Crippen LogP contribution in [0.4, 0.5) is 0 Å². The average Bonchev–Trinajstić information content (AvgIpc) is 2.55. The Labute approximate surface area is 90.1 Å². The number of likely N-dealkylation sites (tertiary alicyclic amines) is 1. The van der Waals surface area contributed by atoms with E-state index in [9.17, 15) is 0 Å². The van der Waals surface area contributed by atoms with Crippen LogP contribution < -0.4 is 0 Å². The zero-order valence-electron chi connectivity index (χ0n) is 9.27. The summed E-state index contributed by atoms with van der Waals surface area (Å²) in [5.74, 6) is 0. The lowest BCUT2D eigenvalue weighted by Crippen LogP contribution is -2.44. The molecule has 0 amide bonds. The van der Waals surface area contributed by atoms with E-state index in [1.807, 2.05) is 0 Å². The molecule has 15 heavy (non-hydrogen) atoms. The molecule has 0 bridgehead atoms. The van der Waals surface area contributed by atoms with Gasteiger partial charge in [-0.2, -0.15) is 0 Å². The van der Waals surface area contributed by atoms with Crippen molar-refractivity contribution in [2.75, 3.05) is 20.1 Å². The molecule has 1 aromatic heterocycles. The van der Waals surface area contributed by atoms with Gasteiger partial charge >= 0.3 is 0 Å². The van der Waals surface area contributed by atoms with E-state index in [4.69, 9.17) is 0 Å². The van der Waals surface area contributed by atoms with Crippen LogP contribution in [0.2, 0.25) is 0 Å². The van der Waals surface area contributed by atoms with Gasteiger partial charge in [-0.1, -0.05) is 11.6 Å². The molecule has 0 radical (unpaired) electrons. The van der Waals surface area contributed by atoms with Crippen molar-refractivity contribution >= 4 is 10.9 Å². The zero-order chi connectivity index (χ0) is 10.4. The van der Waals surface area contributed by atoms with Gasteiger partial charge in [-0.3, -0.25) is 0 Å². The lowest BCUT2D eigenvalue weighted by atomic mass is 10.1.